The molecular weight excluding hydrogens is 367 g/mol. The summed E-state index contributed by atoms with van der Waals surface area (Å²) in [7, 11) is 0. The van der Waals surface area contributed by atoms with E-state index in [1.54, 1.807) is 12.3 Å². The van der Waals surface area contributed by atoms with Crippen molar-refractivity contribution >= 4 is 28.5 Å². The topological polar surface area (TPSA) is 56.4 Å². The van der Waals surface area contributed by atoms with E-state index in [-0.39, 0.29) is 11.7 Å². The second kappa shape index (κ2) is 9.09. The first-order chi connectivity index (χ1) is 13.8. The van der Waals surface area contributed by atoms with E-state index in [1.165, 1.54) is 12.1 Å². The highest BCUT2D eigenvalue weighted by Gasteiger charge is 2.24. The van der Waals surface area contributed by atoms with Gasteiger partial charge in [-0.1, -0.05) is 0 Å². The quantitative estimate of drug-likeness (QED) is 0.563. The van der Waals surface area contributed by atoms with E-state index in [9.17, 15) is 9.18 Å². The Morgan fingerprint density at radius 2 is 1.69 bits per heavy atom. The molecule has 6 heteroatoms. The highest BCUT2D eigenvalue weighted by molar-refractivity contribution is 6.31. The van der Waals surface area contributed by atoms with Gasteiger partial charge in [-0.25, -0.2) is 4.39 Å². The van der Waals surface area contributed by atoms with Crippen LogP contribution in [0.3, 0.4) is 0 Å². The number of nitrogens with one attached hydrogen (secondary N) is 3. The molecule has 3 rings (SSSR count). The van der Waals surface area contributed by atoms with Crippen molar-refractivity contribution in [2.45, 2.75) is 39.8 Å². The van der Waals surface area contributed by atoms with Crippen LogP contribution in [0.4, 0.5) is 21.5 Å². The number of anilines is 3. The summed E-state index contributed by atoms with van der Waals surface area (Å²) in [5, 5.41) is 9.31. The Hall–Kier alpha value is -2.86. The Bertz CT molecular complexity index is 882. The van der Waals surface area contributed by atoms with Crippen LogP contribution in [-0.4, -0.2) is 36.0 Å². The number of hydrogen-bond acceptors (Lipinski definition) is 4. The van der Waals surface area contributed by atoms with Gasteiger partial charge in [0.25, 0.3) is 5.91 Å². The van der Waals surface area contributed by atoms with Gasteiger partial charge in [-0.15, -0.1) is 0 Å². The Kier molecular flexibility index (Phi) is 6.54. The van der Waals surface area contributed by atoms with Gasteiger partial charge in [-0.2, -0.15) is 0 Å². The monoisotopic (exact) mass is 396 g/mol. The molecule has 3 N–H and O–H groups in total. The van der Waals surface area contributed by atoms with E-state index in [2.05, 4.69) is 48.5 Å². The van der Waals surface area contributed by atoms with Crippen LogP contribution in [0, 0.1) is 5.82 Å². The SMILES string of the molecule is CC(C)N(CCNc1ccc(N/C=C2/C(=O)Nc3ccc(F)cc32)cc1)C(C)C. The van der Waals surface area contributed by atoms with Crippen molar-refractivity contribution in [2.75, 3.05) is 29.0 Å². The molecular formula is C23H29FN4O. The summed E-state index contributed by atoms with van der Waals surface area (Å²) >= 11 is 0. The summed E-state index contributed by atoms with van der Waals surface area (Å²) in [6, 6.07) is 13.2. The fraction of sp³-hybridized carbons (Fsp3) is 0.348. The van der Waals surface area contributed by atoms with Gasteiger partial charge in [-0.3, -0.25) is 9.69 Å². The Morgan fingerprint density at radius 3 is 2.34 bits per heavy atom. The molecule has 5 nitrogen and oxygen atoms in total. The molecule has 29 heavy (non-hydrogen) atoms. The van der Waals surface area contributed by atoms with Crippen molar-refractivity contribution in [2.24, 2.45) is 0 Å². The van der Waals surface area contributed by atoms with Crippen molar-refractivity contribution in [3.8, 4) is 0 Å². The highest BCUT2D eigenvalue weighted by atomic mass is 19.1. The maximum absolute atomic E-state index is 13.5. The molecule has 1 amide bonds. The zero-order valence-corrected chi connectivity index (χ0v) is 17.4. The summed E-state index contributed by atoms with van der Waals surface area (Å²) in [6.07, 6.45) is 1.62. The lowest BCUT2D eigenvalue weighted by Crippen LogP contribution is -2.40. The van der Waals surface area contributed by atoms with E-state index in [0.29, 0.717) is 28.9 Å². The number of carbonyl (C=O) groups is 1. The molecule has 1 aliphatic rings. The normalized spacial score (nSPS) is 14.6. The Morgan fingerprint density at radius 1 is 1.03 bits per heavy atom. The van der Waals surface area contributed by atoms with Crippen LogP contribution >= 0.6 is 0 Å². The lowest BCUT2D eigenvalue weighted by atomic mass is 10.1. The molecule has 2 aromatic rings. The molecule has 0 radical (unpaired) electrons. The average molecular weight is 397 g/mol. The van der Waals surface area contributed by atoms with Crippen molar-refractivity contribution < 1.29 is 9.18 Å². The molecule has 0 saturated carbocycles. The average Bonchev–Trinajstić information content (AvgIpc) is 2.98. The van der Waals surface area contributed by atoms with E-state index in [4.69, 9.17) is 0 Å². The van der Waals surface area contributed by atoms with Gasteiger partial charge < -0.3 is 16.0 Å². The summed E-state index contributed by atoms with van der Waals surface area (Å²) in [5.41, 5.74) is 3.51. The van der Waals surface area contributed by atoms with Crippen LogP contribution in [-0.2, 0) is 4.79 Å². The van der Waals surface area contributed by atoms with Crippen molar-refractivity contribution in [3.63, 3.8) is 0 Å². The molecule has 0 atom stereocenters. The number of benzene rings is 2. The number of halogens is 1. The van der Waals surface area contributed by atoms with E-state index < -0.39 is 0 Å². The third kappa shape index (κ3) is 5.15. The second-order valence-corrected chi connectivity index (χ2v) is 7.78. The van der Waals surface area contributed by atoms with Gasteiger partial charge in [0.2, 0.25) is 0 Å². The molecule has 0 unspecified atom stereocenters. The zero-order valence-electron chi connectivity index (χ0n) is 17.4. The van der Waals surface area contributed by atoms with Crippen LogP contribution in [0.15, 0.2) is 48.7 Å². The lowest BCUT2D eigenvalue weighted by molar-refractivity contribution is -0.110. The molecule has 0 saturated heterocycles. The summed E-state index contributed by atoms with van der Waals surface area (Å²) in [6.45, 7) is 10.7. The predicted octanol–water partition coefficient (Wildman–Crippen LogP) is 4.76. The number of hydrogen-bond donors (Lipinski definition) is 3. The minimum absolute atomic E-state index is 0.240. The molecule has 0 spiro atoms. The fourth-order valence-electron chi connectivity index (χ4n) is 3.59. The molecule has 0 bridgehead atoms. The van der Waals surface area contributed by atoms with Crippen LogP contribution in [0.25, 0.3) is 5.57 Å². The van der Waals surface area contributed by atoms with Crippen LogP contribution in [0.1, 0.15) is 33.3 Å². The standard InChI is InChI=1S/C23H29FN4O/c1-15(2)28(16(3)4)12-11-25-18-6-8-19(9-7-18)26-14-21-20-13-17(24)5-10-22(20)27-23(21)29/h5-10,13-16,25-26H,11-12H2,1-4H3,(H,27,29)/b21-14+. The van der Waals surface area contributed by atoms with Gasteiger partial charge >= 0.3 is 0 Å². The van der Waals surface area contributed by atoms with E-state index >= 15 is 0 Å². The van der Waals surface area contributed by atoms with Crippen LogP contribution in [0.2, 0.25) is 0 Å². The van der Waals surface area contributed by atoms with Gasteiger partial charge in [0.1, 0.15) is 5.82 Å². The van der Waals surface area contributed by atoms with Gasteiger partial charge in [0, 0.05) is 54.0 Å². The minimum atomic E-state index is -0.366. The molecule has 154 valence electrons. The lowest BCUT2D eigenvalue weighted by Gasteiger charge is -2.30. The zero-order chi connectivity index (χ0) is 21.0. The largest absolute Gasteiger partial charge is 0.384 e. The first kappa shape index (κ1) is 20.9. The number of amides is 1. The summed E-state index contributed by atoms with van der Waals surface area (Å²) in [4.78, 5) is 14.6. The smallest absolute Gasteiger partial charge is 0.257 e. The fourth-order valence-corrected chi connectivity index (χ4v) is 3.59. The summed E-state index contributed by atoms with van der Waals surface area (Å²) in [5.74, 6) is -0.605. The van der Waals surface area contributed by atoms with E-state index in [1.807, 2.05) is 24.3 Å². The second-order valence-electron chi connectivity index (χ2n) is 7.78. The highest BCUT2D eigenvalue weighted by Crippen LogP contribution is 2.32. The number of carbonyl (C=O) groups excluding carboxylic acids is 1. The predicted molar refractivity (Wildman–Crippen MR) is 119 cm³/mol. The molecule has 1 aliphatic heterocycles. The maximum Gasteiger partial charge on any atom is 0.257 e. The first-order valence-electron chi connectivity index (χ1n) is 10.0. The molecule has 2 aromatic carbocycles. The van der Waals surface area contributed by atoms with Crippen molar-refractivity contribution in [1.29, 1.82) is 0 Å². The number of rotatable bonds is 8. The Balaban J connectivity index is 1.58. The number of nitrogens with zero attached hydrogens (tertiary/aromatic N) is 1. The third-order valence-corrected chi connectivity index (χ3v) is 5.06. The molecule has 0 fully saturated rings. The van der Waals surface area contributed by atoms with Crippen LogP contribution in [0.5, 0.6) is 0 Å². The van der Waals surface area contributed by atoms with Gasteiger partial charge in [0.05, 0.1) is 5.57 Å². The maximum atomic E-state index is 13.5. The first-order valence-corrected chi connectivity index (χ1v) is 10.0. The molecule has 0 aromatic heterocycles. The van der Waals surface area contributed by atoms with Gasteiger partial charge in [0.15, 0.2) is 0 Å². The van der Waals surface area contributed by atoms with Crippen LogP contribution < -0.4 is 16.0 Å². The number of fused-ring (bicyclic) bond motifs is 1. The van der Waals surface area contributed by atoms with Gasteiger partial charge in [-0.05, 0) is 70.2 Å². The van der Waals surface area contributed by atoms with E-state index in [0.717, 1.165) is 24.5 Å². The Labute approximate surface area is 172 Å². The summed E-state index contributed by atoms with van der Waals surface area (Å²) < 4.78 is 13.5. The van der Waals surface area contributed by atoms with Crippen molar-refractivity contribution in [1.82, 2.24) is 4.90 Å². The third-order valence-electron chi connectivity index (χ3n) is 5.06. The molecule has 1 heterocycles. The van der Waals surface area contributed by atoms with Crippen molar-refractivity contribution in [3.05, 3.63) is 60.0 Å². The molecule has 0 aliphatic carbocycles. The minimum Gasteiger partial charge on any atom is -0.384 e.